The number of nitrogens with zero attached hydrogens (tertiary/aromatic N) is 3. The van der Waals surface area contributed by atoms with Gasteiger partial charge in [-0.15, -0.1) is 0 Å². The van der Waals surface area contributed by atoms with Crippen molar-refractivity contribution in [2.45, 2.75) is 19.0 Å². The van der Waals surface area contributed by atoms with Crippen molar-refractivity contribution in [2.75, 3.05) is 7.11 Å². The minimum absolute atomic E-state index is 0.335. The lowest BCUT2D eigenvalue weighted by Crippen LogP contribution is -2.44. The van der Waals surface area contributed by atoms with Crippen LogP contribution in [-0.4, -0.2) is 17.1 Å². The first-order valence-corrected chi connectivity index (χ1v) is 13.7. The number of pyridine rings is 1. The van der Waals surface area contributed by atoms with Crippen molar-refractivity contribution in [1.29, 1.82) is 5.53 Å². The number of nitrogens with one attached hydrogen (secondary N) is 2. The van der Waals surface area contributed by atoms with Crippen molar-refractivity contribution < 1.29 is 13.9 Å². The Kier molecular flexibility index (Phi) is 6.27. The molecule has 0 spiro atoms. The summed E-state index contributed by atoms with van der Waals surface area (Å²) in [6, 6.07) is 24.8. The number of allylic oxidation sites excluding steroid dienone is 1. The van der Waals surface area contributed by atoms with Gasteiger partial charge in [-0.1, -0.05) is 60.3 Å². The standard InChI is InChI=1S/C34H27N5O4/c1-19-15-23(18-36-17-19)25-16-22(13-14-26(25)41-3)29-28-20(2)39(38-35)32(21-9-5-4-6-10-21)37-33(28)43-31-24-11-7-8-12-27(24)42-34(40)30(29)31/h4-18,29,32,35,37H,2H2,1,3H3. The van der Waals surface area contributed by atoms with Crippen LogP contribution >= 0.6 is 0 Å². The quantitative estimate of drug-likeness (QED) is 0.174. The molecular formula is C34H27N5O4. The molecule has 7 rings (SSSR count). The maximum Gasteiger partial charge on any atom is 0.344 e. The van der Waals surface area contributed by atoms with Gasteiger partial charge >= 0.3 is 5.63 Å². The smallest absolute Gasteiger partial charge is 0.344 e. The second-order valence-corrected chi connectivity index (χ2v) is 10.5. The van der Waals surface area contributed by atoms with E-state index in [4.69, 9.17) is 19.4 Å². The lowest BCUT2D eigenvalue weighted by atomic mass is 9.80. The van der Waals surface area contributed by atoms with E-state index in [1.54, 1.807) is 25.6 Å². The van der Waals surface area contributed by atoms with E-state index in [2.05, 4.69) is 22.1 Å². The van der Waals surface area contributed by atoms with Gasteiger partial charge in [-0.3, -0.25) is 4.98 Å². The predicted octanol–water partition coefficient (Wildman–Crippen LogP) is 6.97. The Morgan fingerprint density at radius 2 is 1.81 bits per heavy atom. The van der Waals surface area contributed by atoms with Crippen LogP contribution in [0.1, 0.15) is 34.3 Å². The largest absolute Gasteiger partial charge is 0.496 e. The fourth-order valence-electron chi connectivity index (χ4n) is 5.94. The third-order valence-corrected chi connectivity index (χ3v) is 7.89. The molecule has 0 aliphatic carbocycles. The number of aryl methyl sites for hydroxylation is 1. The summed E-state index contributed by atoms with van der Waals surface area (Å²) in [5.74, 6) is 0.842. The number of hydrogen-bond donors (Lipinski definition) is 2. The molecule has 212 valence electrons. The van der Waals surface area contributed by atoms with Gasteiger partial charge in [-0.2, -0.15) is 5.53 Å². The highest BCUT2D eigenvalue weighted by atomic mass is 16.5. The van der Waals surface area contributed by atoms with Crippen molar-refractivity contribution in [2.24, 2.45) is 5.22 Å². The van der Waals surface area contributed by atoms with Crippen molar-refractivity contribution in [3.63, 3.8) is 0 Å². The molecule has 2 unspecified atom stereocenters. The van der Waals surface area contributed by atoms with Crippen molar-refractivity contribution in [3.05, 3.63) is 148 Å². The minimum Gasteiger partial charge on any atom is -0.496 e. The van der Waals surface area contributed by atoms with Gasteiger partial charge in [0.05, 0.1) is 29.7 Å². The molecule has 4 heterocycles. The molecule has 0 saturated carbocycles. The van der Waals surface area contributed by atoms with Gasteiger partial charge in [0.15, 0.2) is 11.9 Å². The normalized spacial score (nSPS) is 17.5. The SMILES string of the molecule is C=C1C2=C(NC(c3ccccc3)N1N=N)Oc1c(c(=O)oc3ccccc13)C2c1ccc(OC)c(-c2cncc(C)c2)c1. The maximum atomic E-state index is 13.8. The van der Waals surface area contributed by atoms with E-state index in [1.807, 2.05) is 79.7 Å². The summed E-state index contributed by atoms with van der Waals surface area (Å²) in [6.07, 6.45) is 3.02. The summed E-state index contributed by atoms with van der Waals surface area (Å²) >= 11 is 0. The second kappa shape index (κ2) is 10.3. The van der Waals surface area contributed by atoms with E-state index in [0.717, 1.165) is 27.8 Å². The highest BCUT2D eigenvalue weighted by molar-refractivity contribution is 5.86. The molecule has 9 heteroatoms. The maximum absolute atomic E-state index is 13.8. The number of rotatable bonds is 5. The van der Waals surface area contributed by atoms with Crippen LogP contribution < -0.4 is 20.4 Å². The first kappa shape index (κ1) is 26.2. The number of fused-ring (bicyclic) bond motifs is 3. The first-order chi connectivity index (χ1) is 21.0. The predicted molar refractivity (Wildman–Crippen MR) is 161 cm³/mol. The molecule has 0 radical (unpaired) electrons. The lowest BCUT2D eigenvalue weighted by molar-refractivity contribution is 0.168. The summed E-state index contributed by atoms with van der Waals surface area (Å²) in [5.41, 5.74) is 13.7. The van der Waals surface area contributed by atoms with Crippen LogP contribution in [0.4, 0.5) is 0 Å². The number of methoxy groups -OCH3 is 1. The Morgan fingerprint density at radius 3 is 2.58 bits per heavy atom. The molecule has 5 aromatic rings. The molecule has 2 aliphatic heterocycles. The zero-order valence-corrected chi connectivity index (χ0v) is 23.5. The number of hydrogen-bond acceptors (Lipinski definition) is 8. The molecule has 2 aliphatic rings. The Labute approximate surface area is 247 Å². The molecule has 0 saturated heterocycles. The fourth-order valence-corrected chi connectivity index (χ4v) is 5.94. The molecule has 9 nitrogen and oxygen atoms in total. The van der Waals surface area contributed by atoms with Gasteiger partial charge in [-0.25, -0.2) is 9.80 Å². The van der Waals surface area contributed by atoms with Crippen LogP contribution in [0.3, 0.4) is 0 Å². The third-order valence-electron chi connectivity index (χ3n) is 7.89. The van der Waals surface area contributed by atoms with Crippen LogP contribution in [0.25, 0.3) is 22.1 Å². The molecule has 2 atom stereocenters. The van der Waals surface area contributed by atoms with Gasteiger partial charge in [0.25, 0.3) is 0 Å². The minimum atomic E-state index is -0.664. The highest BCUT2D eigenvalue weighted by Crippen LogP contribution is 2.50. The van der Waals surface area contributed by atoms with Crippen molar-refractivity contribution in [1.82, 2.24) is 15.3 Å². The number of aromatic nitrogens is 1. The van der Waals surface area contributed by atoms with Crippen molar-refractivity contribution in [3.8, 4) is 22.6 Å². The van der Waals surface area contributed by atoms with Crippen molar-refractivity contribution >= 4 is 11.0 Å². The zero-order valence-electron chi connectivity index (χ0n) is 23.5. The summed E-state index contributed by atoms with van der Waals surface area (Å²) in [7, 11) is 1.62. The third kappa shape index (κ3) is 4.25. The van der Waals surface area contributed by atoms with Crippen LogP contribution in [-0.2, 0) is 0 Å². The monoisotopic (exact) mass is 569 g/mol. The van der Waals surface area contributed by atoms with E-state index < -0.39 is 17.7 Å². The lowest BCUT2D eigenvalue weighted by Gasteiger charge is -2.42. The summed E-state index contributed by atoms with van der Waals surface area (Å²) in [4.78, 5) is 18.2. The summed E-state index contributed by atoms with van der Waals surface area (Å²) in [6.45, 7) is 6.34. The number of para-hydroxylation sites is 1. The van der Waals surface area contributed by atoms with Gasteiger partial charge in [-0.05, 0) is 53.9 Å². The molecule has 0 bridgehead atoms. The fraction of sp³-hybridized carbons (Fsp3) is 0.118. The molecule has 0 fully saturated rings. The van der Waals surface area contributed by atoms with E-state index in [1.165, 1.54) is 5.01 Å². The molecule has 2 aromatic heterocycles. The van der Waals surface area contributed by atoms with Crippen LogP contribution in [0.15, 0.2) is 129 Å². The van der Waals surface area contributed by atoms with Gasteiger partial charge < -0.3 is 19.2 Å². The van der Waals surface area contributed by atoms with Gasteiger partial charge in [0, 0.05) is 29.1 Å². The Morgan fingerprint density at radius 1 is 1.02 bits per heavy atom. The van der Waals surface area contributed by atoms with Crippen LogP contribution in [0.2, 0.25) is 0 Å². The van der Waals surface area contributed by atoms with E-state index in [9.17, 15) is 4.79 Å². The molecular weight excluding hydrogens is 542 g/mol. The molecule has 3 aromatic carbocycles. The van der Waals surface area contributed by atoms with Crippen LogP contribution in [0.5, 0.6) is 11.5 Å². The second-order valence-electron chi connectivity index (χ2n) is 10.5. The van der Waals surface area contributed by atoms with E-state index in [0.29, 0.717) is 45.2 Å². The Bertz CT molecular complexity index is 2020. The summed E-state index contributed by atoms with van der Waals surface area (Å²) < 4.78 is 18.1. The summed E-state index contributed by atoms with van der Waals surface area (Å²) in [5, 5.41) is 9.44. The topological polar surface area (TPSA) is 113 Å². The Hall–Kier alpha value is -5.70. The highest BCUT2D eigenvalue weighted by Gasteiger charge is 2.43. The average molecular weight is 570 g/mol. The zero-order chi connectivity index (χ0) is 29.7. The molecule has 0 amide bonds. The van der Waals surface area contributed by atoms with Gasteiger partial charge in [0.2, 0.25) is 5.88 Å². The Balaban J connectivity index is 1.50. The van der Waals surface area contributed by atoms with Gasteiger partial charge in [0.1, 0.15) is 11.3 Å². The number of ether oxygens (including phenoxy) is 2. The van der Waals surface area contributed by atoms with Crippen LogP contribution in [0, 0.1) is 12.5 Å². The van der Waals surface area contributed by atoms with E-state index >= 15 is 0 Å². The average Bonchev–Trinajstić information content (AvgIpc) is 3.04. The molecule has 43 heavy (non-hydrogen) atoms. The molecule has 2 N–H and O–H groups in total. The number of benzene rings is 3. The first-order valence-electron chi connectivity index (χ1n) is 13.7. The van der Waals surface area contributed by atoms with E-state index in [-0.39, 0.29) is 0 Å².